The zero-order valence-corrected chi connectivity index (χ0v) is 33.4. The van der Waals surface area contributed by atoms with E-state index in [4.69, 9.17) is 19.7 Å². The Labute approximate surface area is 356 Å². The first kappa shape index (κ1) is 34.5. The second-order valence-electron chi connectivity index (χ2n) is 16.0. The number of benzene rings is 7. The maximum absolute atomic E-state index is 6.89. The van der Waals surface area contributed by atoms with Crippen LogP contribution in [-0.4, -0.2) is 23.9 Å². The van der Waals surface area contributed by atoms with Crippen molar-refractivity contribution in [1.29, 1.82) is 0 Å². The van der Waals surface area contributed by atoms with Crippen LogP contribution in [0.4, 0.5) is 0 Å². The van der Waals surface area contributed by atoms with Gasteiger partial charge in [0, 0.05) is 56.7 Å². The van der Waals surface area contributed by atoms with Gasteiger partial charge in [0.2, 0.25) is 0 Å². The summed E-state index contributed by atoms with van der Waals surface area (Å²) >= 11 is 0. The monoisotopic (exact) mass is 793 g/mol. The van der Waals surface area contributed by atoms with Crippen LogP contribution in [-0.2, 0) is 5.41 Å². The van der Waals surface area contributed by atoms with Gasteiger partial charge >= 0.3 is 0 Å². The molecule has 0 fully saturated rings. The third kappa shape index (κ3) is 4.83. The first-order valence-electron chi connectivity index (χ1n) is 20.9. The summed E-state index contributed by atoms with van der Waals surface area (Å²) in [6, 6.07) is 70.5. The van der Waals surface area contributed by atoms with Gasteiger partial charge in [-0.1, -0.05) is 146 Å². The van der Waals surface area contributed by atoms with Gasteiger partial charge in [-0.05, 0) is 70.6 Å². The van der Waals surface area contributed by atoms with Crippen molar-refractivity contribution in [3.05, 3.63) is 235 Å². The van der Waals surface area contributed by atoms with E-state index >= 15 is 0 Å². The Bertz CT molecular complexity index is 3670. The van der Waals surface area contributed by atoms with E-state index in [1.165, 1.54) is 22.1 Å². The highest BCUT2D eigenvalue weighted by Crippen LogP contribution is 2.54. The number of ether oxygens (including phenoxy) is 1. The molecule has 13 rings (SSSR count). The average Bonchev–Trinajstić information content (AvgIpc) is 3.91. The van der Waals surface area contributed by atoms with E-state index < -0.39 is 5.41 Å². The van der Waals surface area contributed by atoms with Crippen LogP contribution >= 0.6 is 0 Å². The van der Waals surface area contributed by atoms with Gasteiger partial charge in [-0.2, -0.15) is 0 Å². The fourth-order valence-electron chi connectivity index (χ4n) is 10.2. The zero-order chi connectivity index (χ0) is 40.8. The van der Waals surface area contributed by atoms with Gasteiger partial charge in [0.1, 0.15) is 28.6 Å². The summed E-state index contributed by atoms with van der Waals surface area (Å²) in [6.07, 6.45) is 3.76. The van der Waals surface area contributed by atoms with Gasteiger partial charge in [-0.3, -0.25) is 8.97 Å². The number of fused-ring (bicyclic) bond motifs is 11. The number of hydrogen-bond donors (Lipinski definition) is 0. The fourth-order valence-corrected chi connectivity index (χ4v) is 10.2. The third-order valence-electron chi connectivity index (χ3n) is 12.7. The van der Waals surface area contributed by atoms with Crippen LogP contribution in [0.15, 0.2) is 213 Å². The maximum atomic E-state index is 6.89. The summed E-state index contributed by atoms with van der Waals surface area (Å²) in [7, 11) is 0. The van der Waals surface area contributed by atoms with E-state index in [0.29, 0.717) is 5.75 Å². The summed E-state index contributed by atoms with van der Waals surface area (Å²) in [6.45, 7) is 0. The highest BCUT2D eigenvalue weighted by atomic mass is 16.5. The molecule has 0 amide bonds. The Morgan fingerprint density at radius 2 is 1.05 bits per heavy atom. The average molecular weight is 794 g/mol. The lowest BCUT2D eigenvalue weighted by molar-refractivity contribution is 0.484. The molecule has 62 heavy (non-hydrogen) atoms. The van der Waals surface area contributed by atoms with E-state index in [-0.39, 0.29) is 0 Å². The molecule has 7 aromatic carbocycles. The van der Waals surface area contributed by atoms with Gasteiger partial charge in [0.25, 0.3) is 0 Å². The Morgan fingerprint density at radius 3 is 1.79 bits per heavy atom. The number of para-hydroxylation sites is 1. The topological polar surface area (TPSA) is 57.2 Å². The van der Waals surface area contributed by atoms with E-state index in [9.17, 15) is 0 Å². The lowest BCUT2D eigenvalue weighted by Crippen LogP contribution is -2.35. The van der Waals surface area contributed by atoms with Crippen molar-refractivity contribution in [3.8, 4) is 39.8 Å². The minimum Gasteiger partial charge on any atom is -0.457 e. The number of pyridine rings is 3. The summed E-state index contributed by atoms with van der Waals surface area (Å²) in [5, 5.41) is 5.40. The molecule has 6 heteroatoms. The Hall–Kier alpha value is -8.35. The van der Waals surface area contributed by atoms with Crippen LogP contribution in [0, 0.1) is 0 Å². The van der Waals surface area contributed by atoms with E-state index in [2.05, 4.69) is 191 Å². The van der Waals surface area contributed by atoms with Crippen LogP contribution in [0.2, 0.25) is 0 Å². The van der Waals surface area contributed by atoms with Gasteiger partial charge in [0.05, 0.1) is 27.8 Å². The Kier molecular flexibility index (Phi) is 7.42. The fraction of sp³-hybridized carbons (Fsp3) is 0.0179. The number of nitrogens with zero attached hydrogens (tertiary/aromatic N) is 5. The standard InChI is InChI=1S/C56H35N5O/c1-5-16-36(17-6-1)50-51(37-18-7-2-8-19-37)61-53-45(25-14-32-57-53)42-30-28-40(34-46(42)54(61)59-50)62-41-29-31-43-44-24-13-26-47-52(44)60(49(43)35-41)55-48(27-15-33-58-55)56(47,38-20-9-3-10-21-38)39-22-11-4-12-23-39/h1-35H. The first-order chi connectivity index (χ1) is 30.8. The van der Waals surface area contributed by atoms with Gasteiger partial charge in [-0.25, -0.2) is 15.0 Å². The molecule has 0 bridgehead atoms. The molecule has 6 heterocycles. The lowest BCUT2D eigenvalue weighted by atomic mass is 9.63. The molecule has 0 N–H and O–H groups in total. The Morgan fingerprint density at radius 1 is 0.435 bits per heavy atom. The Balaban J connectivity index is 1.02. The van der Waals surface area contributed by atoms with Crippen molar-refractivity contribution in [2.24, 2.45) is 0 Å². The maximum Gasteiger partial charge on any atom is 0.147 e. The van der Waals surface area contributed by atoms with Gasteiger partial charge in [-0.15, -0.1) is 0 Å². The van der Waals surface area contributed by atoms with Crippen molar-refractivity contribution in [2.45, 2.75) is 5.41 Å². The largest absolute Gasteiger partial charge is 0.457 e. The minimum absolute atomic E-state index is 0.584. The molecule has 0 aliphatic carbocycles. The number of imidazole rings is 1. The smallest absolute Gasteiger partial charge is 0.147 e. The molecule has 0 unspecified atom stereocenters. The van der Waals surface area contributed by atoms with E-state index in [1.807, 2.05) is 30.6 Å². The summed E-state index contributed by atoms with van der Waals surface area (Å²) in [5.74, 6) is 2.36. The molecule has 1 aliphatic rings. The molecule has 6 nitrogen and oxygen atoms in total. The molecule has 0 radical (unpaired) electrons. The summed E-state index contributed by atoms with van der Waals surface area (Å²) < 4.78 is 11.4. The summed E-state index contributed by atoms with van der Waals surface area (Å²) in [4.78, 5) is 15.6. The van der Waals surface area contributed by atoms with Crippen LogP contribution in [0.5, 0.6) is 11.5 Å². The SMILES string of the molecule is c1ccc(-c2nc3c4cc(Oc5ccc6c7cccc8c7n(c6c5)-c5ncccc5C8(c5ccccc5)c5ccccc5)ccc4c4cccnc4n3c2-c2ccccc2)cc1. The molecule has 0 spiro atoms. The molecule has 0 atom stereocenters. The van der Waals surface area contributed by atoms with Crippen LogP contribution in [0.3, 0.4) is 0 Å². The predicted molar refractivity (Wildman–Crippen MR) is 249 cm³/mol. The highest BCUT2D eigenvalue weighted by molar-refractivity contribution is 6.14. The number of hydrogen-bond acceptors (Lipinski definition) is 4. The number of aromatic nitrogens is 5. The second kappa shape index (κ2) is 13.3. The van der Waals surface area contributed by atoms with Crippen molar-refractivity contribution in [3.63, 3.8) is 0 Å². The van der Waals surface area contributed by atoms with Crippen molar-refractivity contribution >= 4 is 49.3 Å². The van der Waals surface area contributed by atoms with E-state index in [0.717, 1.165) is 83.5 Å². The minimum atomic E-state index is -0.584. The van der Waals surface area contributed by atoms with Gasteiger partial charge in [0.15, 0.2) is 0 Å². The second-order valence-corrected chi connectivity index (χ2v) is 16.0. The molecular formula is C56H35N5O. The zero-order valence-electron chi connectivity index (χ0n) is 33.4. The first-order valence-corrected chi connectivity index (χ1v) is 20.9. The molecule has 0 saturated carbocycles. The molecule has 290 valence electrons. The number of rotatable bonds is 6. The van der Waals surface area contributed by atoms with Crippen LogP contribution in [0.1, 0.15) is 22.3 Å². The normalized spacial score (nSPS) is 13.0. The quantitative estimate of drug-likeness (QED) is 0.157. The third-order valence-corrected chi connectivity index (χ3v) is 12.7. The molecule has 1 aliphatic heterocycles. The van der Waals surface area contributed by atoms with Crippen molar-refractivity contribution in [2.75, 3.05) is 0 Å². The predicted octanol–water partition coefficient (Wildman–Crippen LogP) is 13.4. The highest BCUT2D eigenvalue weighted by Gasteiger charge is 2.45. The lowest BCUT2D eigenvalue weighted by Gasteiger charge is -2.41. The van der Waals surface area contributed by atoms with Crippen LogP contribution < -0.4 is 4.74 Å². The van der Waals surface area contributed by atoms with Gasteiger partial charge < -0.3 is 4.74 Å². The molecule has 5 aromatic heterocycles. The van der Waals surface area contributed by atoms with E-state index in [1.54, 1.807) is 0 Å². The summed E-state index contributed by atoms with van der Waals surface area (Å²) in [5.41, 5.74) is 12.0. The van der Waals surface area contributed by atoms with Crippen molar-refractivity contribution < 1.29 is 4.74 Å². The molecular weight excluding hydrogens is 759 g/mol. The van der Waals surface area contributed by atoms with Crippen molar-refractivity contribution in [1.82, 2.24) is 23.9 Å². The molecule has 12 aromatic rings. The van der Waals surface area contributed by atoms with Crippen LogP contribution in [0.25, 0.3) is 77.6 Å². The molecule has 0 saturated heterocycles.